The van der Waals surface area contributed by atoms with Crippen LogP contribution in [0.25, 0.3) is 0 Å². The summed E-state index contributed by atoms with van der Waals surface area (Å²) in [7, 11) is -3.69. The number of anilines is 1. The van der Waals surface area contributed by atoms with Gasteiger partial charge in [-0.1, -0.05) is 11.6 Å². The third-order valence-corrected chi connectivity index (χ3v) is 6.32. The second kappa shape index (κ2) is 8.24. The number of carbonyl (C=O) groups excluding carboxylic acids is 1. The van der Waals surface area contributed by atoms with E-state index in [0.717, 1.165) is 12.8 Å². The Morgan fingerprint density at radius 3 is 2.63 bits per heavy atom. The Morgan fingerprint density at radius 2 is 2.00 bits per heavy atom. The topological polar surface area (TPSA) is 88.6 Å². The molecule has 9 heteroatoms. The predicted molar refractivity (Wildman–Crippen MR) is 103 cm³/mol. The van der Waals surface area contributed by atoms with Crippen molar-refractivity contribution in [3.63, 3.8) is 0 Å². The molecule has 1 fully saturated rings. The van der Waals surface area contributed by atoms with Crippen molar-refractivity contribution in [3.8, 4) is 5.75 Å². The van der Waals surface area contributed by atoms with Crippen LogP contribution in [-0.4, -0.2) is 43.3 Å². The van der Waals surface area contributed by atoms with Gasteiger partial charge >= 0.3 is 0 Å². The van der Waals surface area contributed by atoms with Crippen molar-refractivity contribution in [2.45, 2.75) is 24.7 Å². The molecule has 0 spiro atoms. The number of carbonyl (C=O) groups is 1. The molecule has 0 radical (unpaired) electrons. The molecule has 2 aromatic rings. The molecule has 0 aliphatic carbocycles. The van der Waals surface area contributed by atoms with E-state index in [9.17, 15) is 13.2 Å². The van der Waals surface area contributed by atoms with Gasteiger partial charge in [-0.15, -0.1) is 0 Å². The summed E-state index contributed by atoms with van der Waals surface area (Å²) in [6.07, 6.45) is 3.03. The van der Waals surface area contributed by atoms with Crippen molar-refractivity contribution in [2.24, 2.45) is 0 Å². The number of aromatic nitrogens is 1. The summed E-state index contributed by atoms with van der Waals surface area (Å²) in [6, 6.07) is 7.65. The molecule has 144 valence electrons. The van der Waals surface area contributed by atoms with E-state index < -0.39 is 15.9 Å². The van der Waals surface area contributed by atoms with Crippen molar-refractivity contribution in [3.05, 3.63) is 47.2 Å². The normalized spacial score (nSPS) is 14.9. The number of benzene rings is 1. The highest BCUT2D eigenvalue weighted by atomic mass is 35.5. The van der Waals surface area contributed by atoms with Gasteiger partial charge in [0.25, 0.3) is 5.91 Å². The number of pyridine rings is 1. The van der Waals surface area contributed by atoms with E-state index in [2.05, 4.69) is 10.3 Å². The molecule has 1 aliphatic heterocycles. The molecule has 0 atom stereocenters. The first-order valence-corrected chi connectivity index (χ1v) is 10.4. The number of hydrogen-bond acceptors (Lipinski definition) is 5. The average molecular weight is 410 g/mol. The standard InChI is InChI=1S/C18H20ClN3O4S/c1-2-26-15-7-6-14(21-18(23)13-5-8-17(19)20-12-13)11-16(15)27(24,25)22-9-3-4-10-22/h5-8,11-12H,2-4,9-10H2,1H3,(H,21,23). The zero-order valence-electron chi connectivity index (χ0n) is 14.8. The van der Waals surface area contributed by atoms with Gasteiger partial charge in [-0.2, -0.15) is 4.31 Å². The van der Waals surface area contributed by atoms with Crippen LogP contribution < -0.4 is 10.1 Å². The molecule has 1 aromatic heterocycles. The summed E-state index contributed by atoms with van der Waals surface area (Å²) in [5, 5.41) is 2.97. The molecule has 1 amide bonds. The molecule has 2 heterocycles. The molecule has 1 aliphatic rings. The van der Waals surface area contributed by atoms with Gasteiger partial charge < -0.3 is 10.1 Å². The third-order valence-electron chi connectivity index (χ3n) is 4.17. The van der Waals surface area contributed by atoms with Gasteiger partial charge in [0.1, 0.15) is 15.8 Å². The molecule has 0 saturated carbocycles. The number of rotatable bonds is 6. The maximum atomic E-state index is 13.0. The first-order valence-electron chi connectivity index (χ1n) is 8.61. The number of halogens is 1. The maximum Gasteiger partial charge on any atom is 0.257 e. The Bertz CT molecular complexity index is 926. The Morgan fingerprint density at radius 1 is 1.26 bits per heavy atom. The number of amides is 1. The molecule has 3 rings (SSSR count). The second-order valence-electron chi connectivity index (χ2n) is 6.03. The molecule has 27 heavy (non-hydrogen) atoms. The third kappa shape index (κ3) is 4.40. The molecule has 0 unspecified atom stereocenters. The first-order chi connectivity index (χ1) is 12.9. The van der Waals surface area contributed by atoms with Crippen LogP contribution in [0.1, 0.15) is 30.1 Å². The number of sulfonamides is 1. The SMILES string of the molecule is CCOc1ccc(NC(=O)c2ccc(Cl)nc2)cc1S(=O)(=O)N1CCCC1. The van der Waals surface area contributed by atoms with Crippen LogP contribution in [0.15, 0.2) is 41.4 Å². The minimum absolute atomic E-state index is 0.0540. The van der Waals surface area contributed by atoms with Crippen LogP contribution in [0.4, 0.5) is 5.69 Å². The van der Waals surface area contributed by atoms with Crippen molar-refractivity contribution in [2.75, 3.05) is 25.0 Å². The highest BCUT2D eigenvalue weighted by Gasteiger charge is 2.30. The number of hydrogen-bond donors (Lipinski definition) is 1. The first kappa shape index (κ1) is 19.6. The second-order valence-corrected chi connectivity index (χ2v) is 8.32. The Balaban J connectivity index is 1.91. The fourth-order valence-electron chi connectivity index (χ4n) is 2.84. The monoisotopic (exact) mass is 409 g/mol. The van der Waals surface area contributed by atoms with E-state index in [1.165, 1.54) is 22.6 Å². The van der Waals surface area contributed by atoms with E-state index in [4.69, 9.17) is 16.3 Å². The summed E-state index contributed by atoms with van der Waals surface area (Å²) < 4.78 is 32.9. The van der Waals surface area contributed by atoms with Crippen LogP contribution in [-0.2, 0) is 10.0 Å². The number of nitrogens with one attached hydrogen (secondary N) is 1. The van der Waals surface area contributed by atoms with E-state index in [1.807, 2.05) is 0 Å². The summed E-state index contributed by atoms with van der Waals surface area (Å²) in [5.41, 5.74) is 0.674. The molecular formula is C18H20ClN3O4S. The van der Waals surface area contributed by atoms with E-state index in [-0.39, 0.29) is 15.8 Å². The van der Waals surface area contributed by atoms with Gasteiger partial charge in [0, 0.05) is 25.0 Å². The largest absolute Gasteiger partial charge is 0.492 e. The van der Waals surface area contributed by atoms with E-state index >= 15 is 0 Å². The highest BCUT2D eigenvalue weighted by molar-refractivity contribution is 7.89. The molecule has 0 bridgehead atoms. The lowest BCUT2D eigenvalue weighted by atomic mass is 10.2. The number of nitrogens with zero attached hydrogens (tertiary/aromatic N) is 2. The van der Waals surface area contributed by atoms with E-state index in [0.29, 0.717) is 30.9 Å². The number of ether oxygens (including phenoxy) is 1. The van der Waals surface area contributed by atoms with E-state index in [1.54, 1.807) is 25.1 Å². The van der Waals surface area contributed by atoms with Crippen LogP contribution >= 0.6 is 11.6 Å². The summed E-state index contributed by atoms with van der Waals surface area (Å²) in [4.78, 5) is 16.3. The fourth-order valence-corrected chi connectivity index (χ4v) is 4.63. The lowest BCUT2D eigenvalue weighted by Gasteiger charge is -2.19. The lowest BCUT2D eigenvalue weighted by Crippen LogP contribution is -2.28. The lowest BCUT2D eigenvalue weighted by molar-refractivity contribution is 0.102. The van der Waals surface area contributed by atoms with Crippen molar-refractivity contribution in [1.82, 2.24) is 9.29 Å². The van der Waals surface area contributed by atoms with Gasteiger partial charge in [0.2, 0.25) is 10.0 Å². The Kier molecular flexibility index (Phi) is 5.98. The van der Waals surface area contributed by atoms with Crippen molar-refractivity contribution < 1.29 is 17.9 Å². The Labute approximate surface area is 163 Å². The smallest absolute Gasteiger partial charge is 0.257 e. The predicted octanol–water partition coefficient (Wildman–Crippen LogP) is 3.17. The zero-order valence-corrected chi connectivity index (χ0v) is 16.4. The summed E-state index contributed by atoms with van der Waals surface area (Å²) >= 11 is 5.73. The van der Waals surface area contributed by atoms with Gasteiger partial charge in [0.15, 0.2) is 0 Å². The molecule has 1 N–H and O–H groups in total. The van der Waals surface area contributed by atoms with Gasteiger partial charge in [0.05, 0.1) is 12.2 Å². The fraction of sp³-hybridized carbons (Fsp3) is 0.333. The minimum atomic E-state index is -3.69. The van der Waals surface area contributed by atoms with Crippen LogP contribution in [0.2, 0.25) is 5.15 Å². The van der Waals surface area contributed by atoms with Crippen molar-refractivity contribution in [1.29, 1.82) is 0 Å². The summed E-state index contributed by atoms with van der Waals surface area (Å²) in [6.45, 7) is 3.10. The maximum absolute atomic E-state index is 13.0. The van der Waals surface area contributed by atoms with Crippen molar-refractivity contribution >= 4 is 33.2 Å². The molecule has 1 aromatic carbocycles. The quantitative estimate of drug-likeness (QED) is 0.740. The molecule has 1 saturated heterocycles. The molecule has 7 nitrogen and oxygen atoms in total. The van der Waals surface area contributed by atoms with Crippen LogP contribution in [0, 0.1) is 0 Å². The van der Waals surface area contributed by atoms with Gasteiger partial charge in [-0.3, -0.25) is 4.79 Å². The highest BCUT2D eigenvalue weighted by Crippen LogP contribution is 2.31. The summed E-state index contributed by atoms with van der Waals surface area (Å²) in [5.74, 6) is -0.136. The minimum Gasteiger partial charge on any atom is -0.492 e. The average Bonchev–Trinajstić information content (AvgIpc) is 3.19. The Hall–Kier alpha value is -2.16. The zero-order chi connectivity index (χ0) is 19.4. The molecular weight excluding hydrogens is 390 g/mol. The van der Waals surface area contributed by atoms with Crippen LogP contribution in [0.3, 0.4) is 0 Å². The van der Waals surface area contributed by atoms with Crippen LogP contribution in [0.5, 0.6) is 5.75 Å². The van der Waals surface area contributed by atoms with Gasteiger partial charge in [-0.05, 0) is 50.1 Å². The van der Waals surface area contributed by atoms with Gasteiger partial charge in [-0.25, -0.2) is 13.4 Å².